The van der Waals surface area contributed by atoms with Crippen LogP contribution in [0.25, 0.3) is 0 Å². The number of benzene rings is 1. The standard InChI is InChI=1S/C12H8Br2N2O/c13-7-3-1-2-4-8(7)16-9-5-6-10(17)12(15)11(9)14/h1-6H,15H2. The van der Waals surface area contributed by atoms with Gasteiger partial charge < -0.3 is 5.73 Å². The zero-order chi connectivity index (χ0) is 12.4. The molecule has 1 aromatic rings. The molecule has 1 aliphatic rings. The number of allylic oxidation sites excluding steroid dienone is 3. The zero-order valence-corrected chi connectivity index (χ0v) is 11.8. The molecule has 0 atom stereocenters. The molecule has 0 radical (unpaired) electrons. The van der Waals surface area contributed by atoms with Crippen LogP contribution in [0.1, 0.15) is 0 Å². The lowest BCUT2D eigenvalue weighted by Crippen LogP contribution is -2.17. The molecule has 2 N–H and O–H groups in total. The van der Waals surface area contributed by atoms with Crippen LogP contribution in [0.5, 0.6) is 0 Å². The molecule has 1 aromatic carbocycles. The van der Waals surface area contributed by atoms with Gasteiger partial charge in [-0.1, -0.05) is 12.1 Å². The second-order valence-corrected chi connectivity index (χ2v) is 5.02. The lowest BCUT2D eigenvalue weighted by atomic mass is 10.1. The molecule has 0 aromatic heterocycles. The van der Waals surface area contributed by atoms with E-state index in [1.54, 1.807) is 6.08 Å². The first kappa shape index (κ1) is 12.3. The van der Waals surface area contributed by atoms with Crippen molar-refractivity contribution in [1.29, 1.82) is 0 Å². The zero-order valence-electron chi connectivity index (χ0n) is 8.65. The number of nitrogens with zero attached hydrogens (tertiary/aromatic N) is 1. The van der Waals surface area contributed by atoms with Gasteiger partial charge in [-0.25, -0.2) is 4.99 Å². The maximum atomic E-state index is 11.3. The van der Waals surface area contributed by atoms with Gasteiger partial charge in [-0.2, -0.15) is 0 Å². The Balaban J connectivity index is 2.46. The summed E-state index contributed by atoms with van der Waals surface area (Å²) in [6, 6.07) is 7.58. The van der Waals surface area contributed by atoms with Crippen LogP contribution in [0.3, 0.4) is 0 Å². The van der Waals surface area contributed by atoms with Crippen LogP contribution in [0, 0.1) is 0 Å². The molecule has 0 saturated carbocycles. The fourth-order valence-electron chi connectivity index (χ4n) is 1.32. The fourth-order valence-corrected chi connectivity index (χ4v) is 2.11. The summed E-state index contributed by atoms with van der Waals surface area (Å²) in [6.07, 6.45) is 3.05. The van der Waals surface area contributed by atoms with Gasteiger partial charge in [0, 0.05) is 4.47 Å². The number of nitrogens with two attached hydrogens (primary N) is 1. The highest BCUT2D eigenvalue weighted by molar-refractivity contribution is 9.12. The lowest BCUT2D eigenvalue weighted by Gasteiger charge is -2.09. The minimum absolute atomic E-state index is 0.179. The third-order valence-corrected chi connectivity index (χ3v) is 3.72. The summed E-state index contributed by atoms with van der Waals surface area (Å²) in [4.78, 5) is 15.7. The Labute approximate surface area is 115 Å². The van der Waals surface area contributed by atoms with Crippen molar-refractivity contribution in [2.45, 2.75) is 0 Å². The molecular formula is C12H8Br2N2O. The van der Waals surface area contributed by atoms with Crippen LogP contribution >= 0.6 is 31.9 Å². The van der Waals surface area contributed by atoms with Gasteiger partial charge in [0.25, 0.3) is 0 Å². The first-order valence-electron chi connectivity index (χ1n) is 4.81. The Bertz CT molecular complexity index is 574. The summed E-state index contributed by atoms with van der Waals surface area (Å²) in [7, 11) is 0. The summed E-state index contributed by atoms with van der Waals surface area (Å²) < 4.78 is 1.41. The third kappa shape index (κ3) is 2.56. The van der Waals surface area contributed by atoms with Gasteiger partial charge in [-0.3, -0.25) is 4.79 Å². The van der Waals surface area contributed by atoms with Crippen molar-refractivity contribution in [2.75, 3.05) is 0 Å². The Morgan fingerprint density at radius 2 is 1.82 bits per heavy atom. The summed E-state index contributed by atoms with van der Waals surface area (Å²) in [6.45, 7) is 0. The summed E-state index contributed by atoms with van der Waals surface area (Å²) in [5.74, 6) is -0.206. The molecule has 0 fully saturated rings. The van der Waals surface area contributed by atoms with E-state index in [1.165, 1.54) is 6.08 Å². The Morgan fingerprint density at radius 1 is 1.12 bits per heavy atom. The smallest absolute Gasteiger partial charge is 0.202 e. The molecular weight excluding hydrogens is 348 g/mol. The van der Waals surface area contributed by atoms with Crippen molar-refractivity contribution in [3.63, 3.8) is 0 Å². The quantitative estimate of drug-likeness (QED) is 0.786. The Kier molecular flexibility index (Phi) is 3.59. The minimum atomic E-state index is -0.206. The molecule has 1 aliphatic carbocycles. The van der Waals surface area contributed by atoms with E-state index in [-0.39, 0.29) is 11.5 Å². The molecule has 0 spiro atoms. The average Bonchev–Trinajstić information content (AvgIpc) is 2.32. The Hall–Kier alpha value is -1.20. The van der Waals surface area contributed by atoms with Gasteiger partial charge in [0.1, 0.15) is 0 Å². The first-order chi connectivity index (χ1) is 8.09. The van der Waals surface area contributed by atoms with E-state index in [0.717, 1.165) is 10.2 Å². The molecule has 0 aliphatic heterocycles. The van der Waals surface area contributed by atoms with E-state index in [1.807, 2.05) is 24.3 Å². The van der Waals surface area contributed by atoms with E-state index < -0.39 is 0 Å². The fraction of sp³-hybridized carbons (Fsp3) is 0. The lowest BCUT2D eigenvalue weighted by molar-refractivity contribution is -0.111. The average molecular weight is 356 g/mol. The minimum Gasteiger partial charge on any atom is -0.395 e. The molecule has 0 amide bonds. The van der Waals surface area contributed by atoms with Crippen LogP contribution in [-0.4, -0.2) is 11.5 Å². The van der Waals surface area contributed by atoms with E-state index in [4.69, 9.17) is 5.73 Å². The first-order valence-corrected chi connectivity index (χ1v) is 6.39. The van der Waals surface area contributed by atoms with Gasteiger partial charge in [0.2, 0.25) is 5.78 Å². The van der Waals surface area contributed by atoms with Gasteiger partial charge >= 0.3 is 0 Å². The van der Waals surface area contributed by atoms with Crippen LogP contribution in [0.15, 0.2) is 56.1 Å². The maximum Gasteiger partial charge on any atom is 0.202 e. The number of halogens is 2. The van der Waals surface area contributed by atoms with Crippen molar-refractivity contribution in [1.82, 2.24) is 0 Å². The van der Waals surface area contributed by atoms with E-state index in [9.17, 15) is 4.79 Å². The van der Waals surface area contributed by atoms with Crippen LogP contribution in [-0.2, 0) is 4.79 Å². The highest BCUT2D eigenvalue weighted by Crippen LogP contribution is 2.27. The molecule has 86 valence electrons. The van der Waals surface area contributed by atoms with Crippen LogP contribution in [0.4, 0.5) is 5.69 Å². The highest BCUT2D eigenvalue weighted by atomic mass is 79.9. The monoisotopic (exact) mass is 354 g/mol. The number of ketones is 1. The number of hydrogen-bond acceptors (Lipinski definition) is 3. The number of hydrogen-bond donors (Lipinski definition) is 1. The molecule has 17 heavy (non-hydrogen) atoms. The number of carbonyl (C=O) groups excluding carboxylic acids is 1. The molecule has 0 bridgehead atoms. The van der Waals surface area contributed by atoms with E-state index in [0.29, 0.717) is 10.2 Å². The molecule has 5 heteroatoms. The second-order valence-electron chi connectivity index (χ2n) is 3.37. The largest absolute Gasteiger partial charge is 0.395 e. The van der Waals surface area contributed by atoms with E-state index in [2.05, 4.69) is 36.9 Å². The van der Waals surface area contributed by atoms with Crippen LogP contribution in [0.2, 0.25) is 0 Å². The van der Waals surface area contributed by atoms with Crippen molar-refractivity contribution >= 4 is 49.0 Å². The summed E-state index contributed by atoms with van der Waals surface area (Å²) in [5.41, 5.74) is 7.24. The van der Waals surface area contributed by atoms with Gasteiger partial charge in [0.15, 0.2) is 0 Å². The third-order valence-electron chi connectivity index (χ3n) is 2.21. The molecule has 3 nitrogen and oxygen atoms in total. The SMILES string of the molecule is NC1=C(Br)C(=Nc2ccccc2Br)C=CC1=O. The summed E-state index contributed by atoms with van der Waals surface area (Å²) in [5, 5.41) is 0. The summed E-state index contributed by atoms with van der Waals surface area (Å²) >= 11 is 6.69. The van der Waals surface area contributed by atoms with E-state index >= 15 is 0 Å². The predicted molar refractivity (Wildman–Crippen MR) is 75.5 cm³/mol. The van der Waals surface area contributed by atoms with Gasteiger partial charge in [-0.05, 0) is 56.1 Å². The van der Waals surface area contributed by atoms with Crippen molar-refractivity contribution in [2.24, 2.45) is 10.7 Å². The normalized spacial score (nSPS) is 18.0. The number of para-hydroxylation sites is 1. The van der Waals surface area contributed by atoms with Gasteiger partial charge in [-0.15, -0.1) is 0 Å². The van der Waals surface area contributed by atoms with Gasteiger partial charge in [0.05, 0.1) is 21.6 Å². The molecule has 2 rings (SSSR count). The van der Waals surface area contributed by atoms with Crippen molar-refractivity contribution < 1.29 is 4.79 Å². The highest BCUT2D eigenvalue weighted by Gasteiger charge is 2.16. The number of aliphatic imine (C=N–C) groups is 1. The second kappa shape index (κ2) is 4.98. The number of rotatable bonds is 1. The van der Waals surface area contributed by atoms with Crippen LogP contribution < -0.4 is 5.73 Å². The molecule has 0 unspecified atom stereocenters. The molecule has 0 heterocycles. The molecule has 0 saturated heterocycles. The topological polar surface area (TPSA) is 55.4 Å². The van der Waals surface area contributed by atoms with Crippen molar-refractivity contribution in [3.05, 3.63) is 51.1 Å². The number of carbonyl (C=O) groups is 1. The Morgan fingerprint density at radius 3 is 2.53 bits per heavy atom. The maximum absolute atomic E-state index is 11.3. The predicted octanol–water partition coefficient (Wildman–Crippen LogP) is 3.23. The van der Waals surface area contributed by atoms with Crippen molar-refractivity contribution in [3.8, 4) is 0 Å².